The lowest BCUT2D eigenvalue weighted by molar-refractivity contribution is 0.537. The zero-order valence-corrected chi connectivity index (χ0v) is 9.74. The summed E-state index contributed by atoms with van der Waals surface area (Å²) < 4.78 is 21.3. The Morgan fingerprint density at radius 1 is 1.41 bits per heavy atom. The molecule has 0 radical (unpaired) electrons. The van der Waals surface area contributed by atoms with E-state index in [1.54, 1.807) is 18.2 Å². The van der Waals surface area contributed by atoms with Crippen molar-refractivity contribution in [3.05, 3.63) is 48.7 Å². The first-order valence-electron chi connectivity index (χ1n) is 4.56. The molecule has 0 N–H and O–H groups in total. The SMILES string of the molecule is C=C(C#N)N=CC(=C)c1ccc(S(=O)[O-])cc1. The van der Waals surface area contributed by atoms with E-state index in [0.717, 1.165) is 5.56 Å². The van der Waals surface area contributed by atoms with E-state index >= 15 is 0 Å². The average molecular weight is 245 g/mol. The fourth-order valence-electron chi connectivity index (χ4n) is 1.04. The first-order valence-corrected chi connectivity index (χ1v) is 5.63. The molecule has 1 unspecified atom stereocenters. The van der Waals surface area contributed by atoms with Gasteiger partial charge in [-0.25, -0.2) is 4.99 Å². The third-order valence-corrected chi connectivity index (χ3v) is 2.58. The van der Waals surface area contributed by atoms with Crippen LogP contribution >= 0.6 is 0 Å². The molecule has 0 amide bonds. The molecule has 1 aromatic rings. The van der Waals surface area contributed by atoms with E-state index in [4.69, 9.17) is 5.26 Å². The molecule has 0 aliphatic rings. The van der Waals surface area contributed by atoms with Gasteiger partial charge in [0.25, 0.3) is 0 Å². The van der Waals surface area contributed by atoms with Gasteiger partial charge in [0.1, 0.15) is 11.8 Å². The summed E-state index contributed by atoms with van der Waals surface area (Å²) in [7, 11) is 0. The molecule has 0 spiro atoms. The van der Waals surface area contributed by atoms with E-state index in [0.29, 0.717) is 5.57 Å². The lowest BCUT2D eigenvalue weighted by atomic mass is 10.1. The molecule has 5 heteroatoms. The highest BCUT2D eigenvalue weighted by atomic mass is 32.2. The van der Waals surface area contributed by atoms with Gasteiger partial charge in [0.05, 0.1) is 0 Å². The number of benzene rings is 1. The van der Waals surface area contributed by atoms with Crippen LogP contribution in [0.2, 0.25) is 0 Å². The highest BCUT2D eigenvalue weighted by Gasteiger charge is 1.97. The molecule has 0 fully saturated rings. The topological polar surface area (TPSA) is 76.3 Å². The summed E-state index contributed by atoms with van der Waals surface area (Å²) in [6.45, 7) is 7.15. The minimum atomic E-state index is -2.23. The molecule has 17 heavy (non-hydrogen) atoms. The molecular formula is C12H9N2O2S-. The van der Waals surface area contributed by atoms with E-state index in [1.807, 2.05) is 0 Å². The summed E-state index contributed by atoms with van der Waals surface area (Å²) in [4.78, 5) is 3.98. The Bertz CT molecular complexity index is 539. The van der Waals surface area contributed by atoms with E-state index in [2.05, 4.69) is 18.2 Å². The van der Waals surface area contributed by atoms with Gasteiger partial charge in [0, 0.05) is 11.1 Å². The largest absolute Gasteiger partial charge is 0.768 e. The van der Waals surface area contributed by atoms with Crippen molar-refractivity contribution in [2.45, 2.75) is 4.90 Å². The van der Waals surface area contributed by atoms with Crippen LogP contribution in [0.3, 0.4) is 0 Å². The molecule has 0 aromatic heterocycles. The van der Waals surface area contributed by atoms with Crippen molar-refractivity contribution < 1.29 is 8.76 Å². The van der Waals surface area contributed by atoms with Gasteiger partial charge in [0.15, 0.2) is 0 Å². The summed E-state index contributed by atoms with van der Waals surface area (Å²) in [5.41, 5.74) is 1.39. The lowest BCUT2D eigenvalue weighted by Gasteiger charge is -2.06. The van der Waals surface area contributed by atoms with Crippen molar-refractivity contribution in [2.75, 3.05) is 0 Å². The molecule has 0 saturated carbocycles. The Labute approximate surface area is 102 Å². The number of aliphatic imine (C=N–C) groups is 1. The third kappa shape index (κ3) is 3.79. The van der Waals surface area contributed by atoms with Crippen molar-refractivity contribution in [3.8, 4) is 6.07 Å². The molecule has 0 aliphatic carbocycles. The van der Waals surface area contributed by atoms with Crippen LogP contribution in [0.5, 0.6) is 0 Å². The van der Waals surface area contributed by atoms with E-state index in [1.165, 1.54) is 18.3 Å². The van der Waals surface area contributed by atoms with Crippen LogP contribution in [0.4, 0.5) is 0 Å². The van der Waals surface area contributed by atoms with Crippen LogP contribution in [0, 0.1) is 11.3 Å². The van der Waals surface area contributed by atoms with Crippen LogP contribution in [0.1, 0.15) is 5.56 Å². The third-order valence-electron chi connectivity index (χ3n) is 1.92. The lowest BCUT2D eigenvalue weighted by Crippen LogP contribution is -1.90. The predicted molar refractivity (Wildman–Crippen MR) is 65.9 cm³/mol. The molecule has 0 bridgehead atoms. The zero-order chi connectivity index (χ0) is 12.8. The van der Waals surface area contributed by atoms with E-state index in [-0.39, 0.29) is 10.6 Å². The Morgan fingerprint density at radius 2 is 2.00 bits per heavy atom. The summed E-state index contributed by atoms with van der Waals surface area (Å²) >= 11 is -2.23. The van der Waals surface area contributed by atoms with Gasteiger partial charge in [-0.3, -0.25) is 4.21 Å². The molecule has 4 nitrogen and oxygen atoms in total. The Balaban J connectivity index is 2.84. The second-order valence-corrected chi connectivity index (χ2v) is 4.04. The minimum absolute atomic E-state index is 0.0865. The molecule has 0 aliphatic heterocycles. The van der Waals surface area contributed by atoms with Gasteiger partial charge < -0.3 is 4.55 Å². The second-order valence-electron chi connectivity index (χ2n) is 3.10. The quantitative estimate of drug-likeness (QED) is 0.462. The average Bonchev–Trinajstić information content (AvgIpc) is 2.35. The zero-order valence-electron chi connectivity index (χ0n) is 8.92. The molecular weight excluding hydrogens is 236 g/mol. The molecule has 1 atom stereocenters. The Kier molecular flexibility index (Phi) is 4.52. The first kappa shape index (κ1) is 13.0. The van der Waals surface area contributed by atoms with Gasteiger partial charge >= 0.3 is 0 Å². The second kappa shape index (κ2) is 5.89. The number of hydrogen-bond donors (Lipinski definition) is 0. The predicted octanol–water partition coefficient (Wildman–Crippen LogP) is 2.05. The van der Waals surface area contributed by atoms with Crippen molar-refractivity contribution >= 4 is 22.9 Å². The van der Waals surface area contributed by atoms with Gasteiger partial charge in [-0.2, -0.15) is 5.26 Å². The standard InChI is InChI=1S/C12H10N2O2S/c1-9(8-14-10(2)7-13)11-3-5-12(6-4-11)17(15)16/h3-6,8H,1-2H2,(H,15,16)/p-1. The molecule has 0 saturated heterocycles. The van der Waals surface area contributed by atoms with Crippen LogP contribution in [-0.4, -0.2) is 15.0 Å². The molecule has 0 heterocycles. The van der Waals surface area contributed by atoms with Crippen LogP contribution in [0.25, 0.3) is 5.57 Å². The summed E-state index contributed by atoms with van der Waals surface area (Å²) in [5, 5.41) is 8.45. The van der Waals surface area contributed by atoms with Crippen LogP contribution in [0.15, 0.2) is 53.0 Å². The van der Waals surface area contributed by atoms with Crippen molar-refractivity contribution in [2.24, 2.45) is 4.99 Å². The summed E-state index contributed by atoms with van der Waals surface area (Å²) in [6.07, 6.45) is 1.41. The van der Waals surface area contributed by atoms with E-state index < -0.39 is 11.1 Å². The smallest absolute Gasteiger partial charge is 0.133 e. The fourth-order valence-corrected chi connectivity index (χ4v) is 1.40. The van der Waals surface area contributed by atoms with Crippen molar-refractivity contribution in [1.29, 1.82) is 5.26 Å². The first-order chi connectivity index (χ1) is 8.04. The Morgan fingerprint density at radius 3 is 2.47 bits per heavy atom. The highest BCUT2D eigenvalue weighted by molar-refractivity contribution is 7.79. The maximum absolute atomic E-state index is 10.6. The number of hydrogen-bond acceptors (Lipinski definition) is 4. The normalized spacial score (nSPS) is 12.0. The van der Waals surface area contributed by atoms with Crippen molar-refractivity contribution in [3.63, 3.8) is 0 Å². The van der Waals surface area contributed by atoms with Gasteiger partial charge in [-0.15, -0.1) is 0 Å². The molecule has 86 valence electrons. The number of allylic oxidation sites excluding steroid dienone is 2. The number of nitrogens with zero attached hydrogens (tertiary/aromatic N) is 2. The number of nitriles is 1. The van der Waals surface area contributed by atoms with E-state index in [9.17, 15) is 8.76 Å². The van der Waals surface area contributed by atoms with Crippen molar-refractivity contribution in [1.82, 2.24) is 0 Å². The summed E-state index contributed by atoms with van der Waals surface area (Å²) in [5.74, 6) is 0. The maximum Gasteiger partial charge on any atom is 0.133 e. The van der Waals surface area contributed by atoms with Crippen LogP contribution < -0.4 is 0 Å². The van der Waals surface area contributed by atoms with Gasteiger partial charge in [-0.1, -0.05) is 25.3 Å². The molecule has 1 rings (SSSR count). The van der Waals surface area contributed by atoms with Gasteiger partial charge in [0.2, 0.25) is 0 Å². The summed E-state index contributed by atoms with van der Waals surface area (Å²) in [6, 6.07) is 7.96. The highest BCUT2D eigenvalue weighted by Crippen LogP contribution is 2.13. The molecule has 1 aromatic carbocycles. The number of rotatable bonds is 4. The fraction of sp³-hybridized carbons (Fsp3) is 0. The maximum atomic E-state index is 10.6. The Hall–Kier alpha value is -2.03. The minimum Gasteiger partial charge on any atom is -0.768 e. The van der Waals surface area contributed by atoms with Crippen LogP contribution in [-0.2, 0) is 11.1 Å². The monoisotopic (exact) mass is 245 g/mol. The van der Waals surface area contributed by atoms with Gasteiger partial charge in [-0.05, 0) is 34.3 Å².